The molecule has 1 aromatic heterocycles. The van der Waals surface area contributed by atoms with Gasteiger partial charge in [-0.05, 0) is 53.1 Å². The molecule has 82 valence electrons. The Balaban J connectivity index is 2.14. The molecule has 1 unspecified atom stereocenters. The topological polar surface area (TPSA) is 26.3 Å². The fourth-order valence-electron chi connectivity index (χ4n) is 1.60. The molecule has 1 fully saturated rings. The summed E-state index contributed by atoms with van der Waals surface area (Å²) in [6.07, 6.45) is 2.03. The predicted molar refractivity (Wildman–Crippen MR) is 64.5 cm³/mol. The van der Waals surface area contributed by atoms with Crippen LogP contribution in [-0.2, 0) is 4.74 Å². The molecule has 15 heavy (non-hydrogen) atoms. The number of thiophene rings is 1. The zero-order valence-corrected chi connectivity index (χ0v) is 10.9. The average molecular weight is 289 g/mol. The predicted octanol–water partition coefficient (Wildman–Crippen LogP) is 3.51. The van der Waals surface area contributed by atoms with Crippen LogP contribution < -0.4 is 0 Å². The molecule has 1 aliphatic rings. The van der Waals surface area contributed by atoms with Gasteiger partial charge in [0.15, 0.2) is 0 Å². The summed E-state index contributed by atoms with van der Waals surface area (Å²) in [4.78, 5) is 12.9. The van der Waals surface area contributed by atoms with Gasteiger partial charge < -0.3 is 4.74 Å². The van der Waals surface area contributed by atoms with E-state index in [2.05, 4.69) is 15.9 Å². The van der Waals surface area contributed by atoms with E-state index in [9.17, 15) is 4.79 Å². The van der Waals surface area contributed by atoms with Crippen LogP contribution in [0.15, 0.2) is 15.9 Å². The van der Waals surface area contributed by atoms with Crippen molar-refractivity contribution in [2.45, 2.75) is 25.9 Å². The second-order valence-electron chi connectivity index (χ2n) is 3.68. The lowest BCUT2D eigenvalue weighted by molar-refractivity contribution is 0.0378. The van der Waals surface area contributed by atoms with Crippen molar-refractivity contribution in [1.82, 2.24) is 0 Å². The molecule has 0 N–H and O–H groups in total. The zero-order chi connectivity index (χ0) is 10.8. The summed E-state index contributed by atoms with van der Waals surface area (Å²) in [6, 6.07) is 1.91. The van der Waals surface area contributed by atoms with Crippen molar-refractivity contribution in [3.05, 3.63) is 20.8 Å². The monoisotopic (exact) mass is 288 g/mol. The molecule has 2 rings (SSSR count). The summed E-state index contributed by atoms with van der Waals surface area (Å²) >= 11 is 4.87. The van der Waals surface area contributed by atoms with Crippen molar-refractivity contribution in [2.24, 2.45) is 5.92 Å². The molecule has 0 aromatic carbocycles. The lowest BCUT2D eigenvalue weighted by atomic mass is 10.1. The van der Waals surface area contributed by atoms with E-state index in [0.717, 1.165) is 22.2 Å². The number of rotatable bonds is 5. The molecule has 0 bridgehead atoms. The third-order valence-electron chi connectivity index (χ3n) is 2.50. The molecule has 1 aromatic rings. The van der Waals surface area contributed by atoms with Crippen LogP contribution in [0, 0.1) is 5.92 Å². The minimum Gasteiger partial charge on any atom is -0.370 e. The molecule has 1 atom stereocenters. The SMILES string of the molecule is CCOC(C(=O)c1sccc1Br)C1CC1. The third kappa shape index (κ3) is 2.49. The van der Waals surface area contributed by atoms with E-state index in [1.54, 1.807) is 0 Å². The second kappa shape index (κ2) is 4.76. The Kier molecular flexibility index (Phi) is 3.59. The number of hydrogen-bond acceptors (Lipinski definition) is 3. The van der Waals surface area contributed by atoms with Crippen molar-refractivity contribution in [1.29, 1.82) is 0 Å². The first-order valence-electron chi connectivity index (χ1n) is 5.12. The Morgan fingerprint density at radius 3 is 2.93 bits per heavy atom. The molecule has 1 aliphatic carbocycles. The van der Waals surface area contributed by atoms with E-state index in [4.69, 9.17) is 4.74 Å². The van der Waals surface area contributed by atoms with E-state index in [1.165, 1.54) is 11.3 Å². The number of carbonyl (C=O) groups is 1. The van der Waals surface area contributed by atoms with Crippen molar-refractivity contribution in [3.63, 3.8) is 0 Å². The molecular weight excluding hydrogens is 276 g/mol. The largest absolute Gasteiger partial charge is 0.370 e. The van der Waals surface area contributed by atoms with Crippen molar-refractivity contribution in [3.8, 4) is 0 Å². The van der Waals surface area contributed by atoms with Crippen LogP contribution in [0.25, 0.3) is 0 Å². The second-order valence-corrected chi connectivity index (χ2v) is 5.45. The number of ether oxygens (including phenoxy) is 1. The maximum Gasteiger partial charge on any atom is 0.202 e. The van der Waals surface area contributed by atoms with Crippen LogP contribution in [0.1, 0.15) is 29.4 Å². The minimum atomic E-state index is -0.218. The summed E-state index contributed by atoms with van der Waals surface area (Å²) in [5.74, 6) is 0.590. The molecule has 0 radical (unpaired) electrons. The van der Waals surface area contributed by atoms with Crippen LogP contribution in [0.4, 0.5) is 0 Å². The van der Waals surface area contributed by atoms with Crippen LogP contribution in [0.3, 0.4) is 0 Å². The highest BCUT2D eigenvalue weighted by Crippen LogP contribution is 2.37. The van der Waals surface area contributed by atoms with Crippen LogP contribution >= 0.6 is 27.3 Å². The summed E-state index contributed by atoms with van der Waals surface area (Å²) in [5, 5.41) is 1.92. The standard InChI is InChI=1S/C11H13BrO2S/c1-2-14-10(7-3-4-7)9(13)11-8(12)5-6-15-11/h5-7,10H,2-4H2,1H3. The average Bonchev–Trinajstić information content (AvgIpc) is 2.97. The van der Waals surface area contributed by atoms with Crippen LogP contribution in [0.2, 0.25) is 0 Å². The third-order valence-corrected chi connectivity index (χ3v) is 4.35. The van der Waals surface area contributed by atoms with Crippen molar-refractivity contribution < 1.29 is 9.53 Å². The summed E-state index contributed by atoms with van der Waals surface area (Å²) in [6.45, 7) is 2.54. The Bertz CT molecular complexity index is 357. The molecule has 1 saturated carbocycles. The molecular formula is C11H13BrO2S. The lowest BCUT2D eigenvalue weighted by Gasteiger charge is -2.14. The van der Waals surface area contributed by atoms with Crippen molar-refractivity contribution in [2.75, 3.05) is 6.61 Å². The van der Waals surface area contributed by atoms with Gasteiger partial charge in [0.05, 0.1) is 4.88 Å². The van der Waals surface area contributed by atoms with Gasteiger partial charge in [0.2, 0.25) is 5.78 Å². The summed E-state index contributed by atoms with van der Waals surface area (Å²) in [7, 11) is 0. The maximum absolute atomic E-state index is 12.2. The van der Waals surface area contributed by atoms with E-state index >= 15 is 0 Å². The Labute approximate surface area is 102 Å². The molecule has 0 spiro atoms. The first kappa shape index (κ1) is 11.3. The number of Topliss-reactive ketones (excluding diaryl/α,β-unsaturated/α-hetero) is 1. The van der Waals surface area contributed by atoms with Crippen LogP contribution in [-0.4, -0.2) is 18.5 Å². The molecule has 2 nitrogen and oxygen atoms in total. The molecule has 4 heteroatoms. The van der Waals surface area contributed by atoms with E-state index < -0.39 is 0 Å². The highest BCUT2D eigenvalue weighted by molar-refractivity contribution is 9.10. The van der Waals surface area contributed by atoms with Gasteiger partial charge in [0.25, 0.3) is 0 Å². The van der Waals surface area contributed by atoms with Gasteiger partial charge in [-0.1, -0.05) is 0 Å². The first-order chi connectivity index (χ1) is 7.24. The highest BCUT2D eigenvalue weighted by Gasteiger charge is 2.38. The van der Waals surface area contributed by atoms with Gasteiger partial charge in [-0.2, -0.15) is 0 Å². The van der Waals surface area contributed by atoms with Gasteiger partial charge in [0, 0.05) is 11.1 Å². The molecule has 1 heterocycles. The van der Waals surface area contributed by atoms with E-state index in [0.29, 0.717) is 12.5 Å². The Morgan fingerprint density at radius 1 is 1.73 bits per heavy atom. The Morgan fingerprint density at radius 2 is 2.47 bits per heavy atom. The van der Waals surface area contributed by atoms with E-state index in [1.807, 2.05) is 18.4 Å². The molecule has 0 saturated heterocycles. The van der Waals surface area contributed by atoms with Gasteiger partial charge >= 0.3 is 0 Å². The van der Waals surface area contributed by atoms with Gasteiger partial charge in [-0.3, -0.25) is 4.79 Å². The molecule has 0 amide bonds. The quantitative estimate of drug-likeness (QED) is 0.775. The van der Waals surface area contributed by atoms with Gasteiger partial charge in [-0.25, -0.2) is 0 Å². The highest BCUT2D eigenvalue weighted by atomic mass is 79.9. The Hall–Kier alpha value is -0.190. The van der Waals surface area contributed by atoms with E-state index in [-0.39, 0.29) is 11.9 Å². The molecule has 0 aliphatic heterocycles. The summed E-state index contributed by atoms with van der Waals surface area (Å²) < 4.78 is 6.43. The summed E-state index contributed by atoms with van der Waals surface area (Å²) in [5.41, 5.74) is 0. The first-order valence-corrected chi connectivity index (χ1v) is 6.80. The van der Waals surface area contributed by atoms with Crippen molar-refractivity contribution >= 4 is 33.0 Å². The van der Waals surface area contributed by atoms with Gasteiger partial charge in [-0.15, -0.1) is 11.3 Å². The number of hydrogen-bond donors (Lipinski definition) is 0. The number of halogens is 1. The lowest BCUT2D eigenvalue weighted by Crippen LogP contribution is -2.26. The fraction of sp³-hybridized carbons (Fsp3) is 0.545. The van der Waals surface area contributed by atoms with Gasteiger partial charge in [0.1, 0.15) is 6.10 Å². The number of ketones is 1. The van der Waals surface area contributed by atoms with Crippen LogP contribution in [0.5, 0.6) is 0 Å². The maximum atomic E-state index is 12.2. The number of carbonyl (C=O) groups excluding carboxylic acids is 1. The normalized spacial score (nSPS) is 17.7. The fourth-order valence-corrected chi connectivity index (χ4v) is 3.14. The zero-order valence-electron chi connectivity index (χ0n) is 8.53. The minimum absolute atomic E-state index is 0.140. The smallest absolute Gasteiger partial charge is 0.202 e.